The Labute approximate surface area is 108 Å². The molecule has 82 valence electrons. The van der Waals surface area contributed by atoms with Gasteiger partial charge in [-0.2, -0.15) is 0 Å². The third kappa shape index (κ3) is 2.61. The molecule has 2 rings (SSSR count). The van der Waals surface area contributed by atoms with Crippen molar-refractivity contribution in [2.75, 3.05) is 5.32 Å². The molecule has 1 atom stereocenters. The average molecular weight is 309 g/mol. The summed E-state index contributed by atoms with van der Waals surface area (Å²) in [5.41, 5.74) is 0.921. The first-order valence-corrected chi connectivity index (χ1v) is 6.54. The Balaban J connectivity index is 2.17. The highest BCUT2D eigenvalue weighted by Gasteiger charge is 2.28. The van der Waals surface area contributed by atoms with Crippen molar-refractivity contribution in [3.8, 4) is 0 Å². The Morgan fingerprint density at radius 1 is 1.33 bits per heavy atom. The molecule has 1 aromatic rings. The summed E-state index contributed by atoms with van der Waals surface area (Å²) in [6, 6.07) is 4.34. The lowest BCUT2D eigenvalue weighted by molar-refractivity contribution is 0.694. The summed E-state index contributed by atoms with van der Waals surface area (Å²) in [6.07, 6.45) is 2.63. The summed E-state index contributed by atoms with van der Waals surface area (Å²) in [5.74, 6) is 0.795. The summed E-state index contributed by atoms with van der Waals surface area (Å²) in [6.45, 7) is 2.18. The molecule has 1 aliphatic rings. The van der Waals surface area contributed by atoms with E-state index in [1.165, 1.54) is 12.8 Å². The van der Waals surface area contributed by atoms with E-state index in [1.54, 1.807) is 0 Å². The highest BCUT2D eigenvalue weighted by Crippen LogP contribution is 2.39. The monoisotopic (exact) mass is 307 g/mol. The second-order valence-corrected chi connectivity index (χ2v) is 5.60. The molecule has 1 aromatic carbocycles. The van der Waals surface area contributed by atoms with E-state index in [4.69, 9.17) is 23.2 Å². The number of benzene rings is 1. The molecule has 0 saturated heterocycles. The Bertz CT molecular complexity index is 377. The molecule has 15 heavy (non-hydrogen) atoms. The van der Waals surface area contributed by atoms with Crippen molar-refractivity contribution in [2.24, 2.45) is 5.92 Å². The van der Waals surface area contributed by atoms with Gasteiger partial charge in [0.15, 0.2) is 0 Å². The van der Waals surface area contributed by atoms with E-state index in [0.29, 0.717) is 16.1 Å². The zero-order valence-electron chi connectivity index (χ0n) is 8.36. The van der Waals surface area contributed by atoms with Crippen LogP contribution in [-0.2, 0) is 0 Å². The maximum atomic E-state index is 6.14. The number of rotatable bonds is 3. The van der Waals surface area contributed by atoms with Crippen LogP contribution >= 0.6 is 39.1 Å². The van der Waals surface area contributed by atoms with Crippen LogP contribution in [0.4, 0.5) is 5.69 Å². The van der Waals surface area contributed by atoms with Crippen molar-refractivity contribution in [3.63, 3.8) is 0 Å². The lowest BCUT2D eigenvalue weighted by Crippen LogP contribution is -2.17. The second kappa shape index (κ2) is 4.52. The molecule has 1 N–H and O–H groups in total. The SMILES string of the molecule is CC(Nc1ccc(Br)c(Cl)c1Cl)C1CC1. The summed E-state index contributed by atoms with van der Waals surface area (Å²) < 4.78 is 0.832. The highest BCUT2D eigenvalue weighted by molar-refractivity contribution is 9.10. The summed E-state index contributed by atoms with van der Waals surface area (Å²) in [4.78, 5) is 0. The van der Waals surface area contributed by atoms with Gasteiger partial charge in [-0.1, -0.05) is 23.2 Å². The van der Waals surface area contributed by atoms with E-state index in [2.05, 4.69) is 28.2 Å². The Morgan fingerprint density at radius 2 is 2.00 bits per heavy atom. The molecule has 1 unspecified atom stereocenters. The van der Waals surface area contributed by atoms with Crippen molar-refractivity contribution < 1.29 is 0 Å². The first-order chi connectivity index (χ1) is 7.09. The number of hydrogen-bond donors (Lipinski definition) is 1. The van der Waals surface area contributed by atoms with Gasteiger partial charge in [-0.3, -0.25) is 0 Å². The lowest BCUT2D eigenvalue weighted by atomic mass is 10.2. The lowest BCUT2D eigenvalue weighted by Gasteiger charge is -2.16. The minimum Gasteiger partial charge on any atom is -0.381 e. The van der Waals surface area contributed by atoms with E-state index in [0.717, 1.165) is 16.1 Å². The van der Waals surface area contributed by atoms with Crippen LogP contribution in [0.1, 0.15) is 19.8 Å². The summed E-state index contributed by atoms with van der Waals surface area (Å²) in [5, 5.41) is 4.57. The predicted octanol–water partition coefficient (Wildman–Crippen LogP) is 4.97. The number of nitrogens with one attached hydrogen (secondary N) is 1. The van der Waals surface area contributed by atoms with Crippen LogP contribution in [0.3, 0.4) is 0 Å². The molecule has 1 saturated carbocycles. The van der Waals surface area contributed by atoms with Gasteiger partial charge in [0, 0.05) is 10.5 Å². The molecular formula is C11H12BrCl2N. The highest BCUT2D eigenvalue weighted by atomic mass is 79.9. The zero-order chi connectivity index (χ0) is 11.0. The molecule has 0 aliphatic heterocycles. The molecule has 4 heteroatoms. The minimum atomic E-state index is 0.472. The molecule has 0 amide bonds. The van der Waals surface area contributed by atoms with Crippen LogP contribution in [0.2, 0.25) is 10.0 Å². The van der Waals surface area contributed by atoms with Crippen LogP contribution < -0.4 is 5.32 Å². The fourth-order valence-corrected chi connectivity index (χ4v) is 2.43. The second-order valence-electron chi connectivity index (χ2n) is 3.99. The van der Waals surface area contributed by atoms with Crippen molar-refractivity contribution in [2.45, 2.75) is 25.8 Å². The van der Waals surface area contributed by atoms with Crippen molar-refractivity contribution in [3.05, 3.63) is 26.7 Å². The van der Waals surface area contributed by atoms with Gasteiger partial charge in [0.1, 0.15) is 0 Å². The van der Waals surface area contributed by atoms with Gasteiger partial charge in [-0.25, -0.2) is 0 Å². The van der Waals surface area contributed by atoms with Crippen LogP contribution in [-0.4, -0.2) is 6.04 Å². The van der Waals surface area contributed by atoms with E-state index in [-0.39, 0.29) is 0 Å². The topological polar surface area (TPSA) is 12.0 Å². The minimum absolute atomic E-state index is 0.472. The molecule has 1 aliphatic carbocycles. The standard InChI is InChI=1S/C11H12BrCl2N/c1-6(7-2-3-7)15-9-5-4-8(12)10(13)11(9)14/h4-7,15H,2-3H2,1H3. The smallest absolute Gasteiger partial charge is 0.0835 e. The number of hydrogen-bond acceptors (Lipinski definition) is 1. The quantitative estimate of drug-likeness (QED) is 0.778. The molecule has 0 bridgehead atoms. The summed E-state index contributed by atoms with van der Waals surface area (Å²) >= 11 is 15.5. The van der Waals surface area contributed by atoms with E-state index >= 15 is 0 Å². The Morgan fingerprint density at radius 3 is 2.60 bits per heavy atom. The van der Waals surface area contributed by atoms with Crippen LogP contribution in [0.25, 0.3) is 0 Å². The van der Waals surface area contributed by atoms with Crippen LogP contribution in [0.15, 0.2) is 16.6 Å². The molecule has 0 heterocycles. The molecule has 0 spiro atoms. The molecule has 0 aromatic heterocycles. The maximum absolute atomic E-state index is 6.14. The van der Waals surface area contributed by atoms with Gasteiger partial charge in [-0.15, -0.1) is 0 Å². The fraction of sp³-hybridized carbons (Fsp3) is 0.455. The van der Waals surface area contributed by atoms with Gasteiger partial charge in [-0.05, 0) is 53.7 Å². The van der Waals surface area contributed by atoms with Crippen molar-refractivity contribution in [1.82, 2.24) is 0 Å². The molecule has 1 fully saturated rings. The van der Waals surface area contributed by atoms with Gasteiger partial charge in [0.2, 0.25) is 0 Å². The van der Waals surface area contributed by atoms with Crippen LogP contribution in [0.5, 0.6) is 0 Å². The molecular weight excluding hydrogens is 297 g/mol. The predicted molar refractivity (Wildman–Crippen MR) is 70.0 cm³/mol. The van der Waals surface area contributed by atoms with Gasteiger partial charge >= 0.3 is 0 Å². The van der Waals surface area contributed by atoms with Gasteiger partial charge in [0.25, 0.3) is 0 Å². The summed E-state index contributed by atoms with van der Waals surface area (Å²) in [7, 11) is 0. The van der Waals surface area contributed by atoms with Crippen molar-refractivity contribution >= 4 is 44.8 Å². The van der Waals surface area contributed by atoms with E-state index in [1.807, 2.05) is 12.1 Å². The normalized spacial score (nSPS) is 17.6. The average Bonchev–Trinajstić information content (AvgIpc) is 3.02. The van der Waals surface area contributed by atoms with Gasteiger partial charge < -0.3 is 5.32 Å². The van der Waals surface area contributed by atoms with E-state index in [9.17, 15) is 0 Å². The number of halogens is 3. The zero-order valence-corrected chi connectivity index (χ0v) is 11.5. The number of anilines is 1. The molecule has 0 radical (unpaired) electrons. The largest absolute Gasteiger partial charge is 0.381 e. The van der Waals surface area contributed by atoms with Crippen LogP contribution in [0, 0.1) is 5.92 Å². The first-order valence-electron chi connectivity index (χ1n) is 4.99. The van der Waals surface area contributed by atoms with E-state index < -0.39 is 0 Å². The third-order valence-electron chi connectivity index (χ3n) is 2.75. The first kappa shape index (κ1) is 11.6. The van der Waals surface area contributed by atoms with Gasteiger partial charge in [0.05, 0.1) is 15.7 Å². The van der Waals surface area contributed by atoms with Crippen molar-refractivity contribution in [1.29, 1.82) is 0 Å². The Hall–Kier alpha value is 0.0800. The Kier molecular flexibility index (Phi) is 3.49. The molecule has 1 nitrogen and oxygen atoms in total. The fourth-order valence-electron chi connectivity index (χ4n) is 1.60. The maximum Gasteiger partial charge on any atom is 0.0835 e. The third-order valence-corrected chi connectivity index (χ3v) is 4.52.